The van der Waals surface area contributed by atoms with E-state index in [0.29, 0.717) is 17.1 Å². The van der Waals surface area contributed by atoms with E-state index in [-0.39, 0.29) is 6.54 Å². The number of rotatable bonds is 3. The second kappa shape index (κ2) is 4.60. The van der Waals surface area contributed by atoms with Gasteiger partial charge in [0.25, 0.3) is 0 Å². The van der Waals surface area contributed by atoms with Gasteiger partial charge in [0.1, 0.15) is 18.2 Å². The lowest BCUT2D eigenvalue weighted by molar-refractivity contribution is -0.137. The van der Waals surface area contributed by atoms with Crippen LogP contribution >= 0.6 is 0 Å². The summed E-state index contributed by atoms with van der Waals surface area (Å²) < 4.78 is 15.2. The monoisotopic (exact) mass is 248 g/mol. The topological polar surface area (TPSA) is 55.1 Å². The Morgan fingerprint density at radius 3 is 2.67 bits per heavy atom. The zero-order valence-corrected chi connectivity index (χ0v) is 10.1. The minimum absolute atomic E-state index is 0.226. The average Bonchev–Trinajstić information content (AvgIpc) is 2.57. The number of nitrogens with zero attached hydrogens (tertiary/aromatic N) is 2. The van der Waals surface area contributed by atoms with E-state index in [1.54, 1.807) is 32.0 Å². The number of halogens is 1. The molecule has 94 valence electrons. The molecule has 0 fully saturated rings. The quantitative estimate of drug-likeness (QED) is 0.907. The summed E-state index contributed by atoms with van der Waals surface area (Å²) in [6.45, 7) is 3.32. The van der Waals surface area contributed by atoms with Crippen molar-refractivity contribution in [3.8, 4) is 11.4 Å². The van der Waals surface area contributed by atoms with E-state index in [4.69, 9.17) is 5.11 Å². The number of carboxylic acids is 1. The first-order valence-corrected chi connectivity index (χ1v) is 5.51. The number of carboxylic acid groups (broad SMARTS) is 1. The van der Waals surface area contributed by atoms with E-state index in [1.165, 1.54) is 10.6 Å². The number of carbonyl (C=O) groups is 1. The molecule has 0 radical (unpaired) electrons. The van der Waals surface area contributed by atoms with Gasteiger partial charge in [-0.2, -0.15) is 0 Å². The van der Waals surface area contributed by atoms with Crippen molar-refractivity contribution in [2.75, 3.05) is 0 Å². The normalized spacial score (nSPS) is 10.6. The highest BCUT2D eigenvalue weighted by molar-refractivity contribution is 5.69. The molecule has 5 heteroatoms. The minimum atomic E-state index is -0.979. The first kappa shape index (κ1) is 12.3. The largest absolute Gasteiger partial charge is 0.480 e. The predicted octanol–water partition coefficient (Wildman–Crippen LogP) is 2.39. The number of aliphatic carboxylic acids is 1. The lowest BCUT2D eigenvalue weighted by atomic mass is 10.2. The molecule has 18 heavy (non-hydrogen) atoms. The van der Waals surface area contributed by atoms with E-state index >= 15 is 0 Å². The average molecular weight is 248 g/mol. The van der Waals surface area contributed by atoms with Crippen LogP contribution < -0.4 is 0 Å². The van der Waals surface area contributed by atoms with Crippen molar-refractivity contribution in [1.82, 2.24) is 9.55 Å². The number of hydrogen-bond acceptors (Lipinski definition) is 2. The molecular formula is C13H13FN2O2. The first-order chi connectivity index (χ1) is 8.50. The van der Waals surface area contributed by atoms with Crippen molar-refractivity contribution < 1.29 is 14.3 Å². The van der Waals surface area contributed by atoms with Crippen molar-refractivity contribution in [1.29, 1.82) is 0 Å². The molecule has 0 spiro atoms. The molecule has 0 saturated carbocycles. The third kappa shape index (κ3) is 2.11. The molecule has 0 aliphatic carbocycles. The summed E-state index contributed by atoms with van der Waals surface area (Å²) in [5, 5.41) is 8.90. The van der Waals surface area contributed by atoms with E-state index in [1.807, 2.05) is 0 Å². The fourth-order valence-corrected chi connectivity index (χ4v) is 1.83. The molecule has 4 nitrogen and oxygen atoms in total. The van der Waals surface area contributed by atoms with Crippen molar-refractivity contribution in [2.45, 2.75) is 20.4 Å². The maximum Gasteiger partial charge on any atom is 0.323 e. The van der Waals surface area contributed by atoms with Crippen LogP contribution in [0.2, 0.25) is 0 Å². The van der Waals surface area contributed by atoms with Crippen LogP contribution in [0.3, 0.4) is 0 Å². The lowest BCUT2D eigenvalue weighted by Crippen LogP contribution is -2.12. The van der Waals surface area contributed by atoms with Gasteiger partial charge in [-0.05, 0) is 26.0 Å². The van der Waals surface area contributed by atoms with Crippen LogP contribution in [0.15, 0.2) is 24.3 Å². The summed E-state index contributed by atoms with van der Waals surface area (Å²) in [5.74, 6) is -1.03. The summed E-state index contributed by atoms with van der Waals surface area (Å²) in [5.41, 5.74) is 1.75. The van der Waals surface area contributed by atoms with Gasteiger partial charge >= 0.3 is 5.97 Å². The molecule has 1 aromatic carbocycles. The summed E-state index contributed by atoms with van der Waals surface area (Å²) in [4.78, 5) is 15.1. The number of hydrogen-bond donors (Lipinski definition) is 1. The smallest absolute Gasteiger partial charge is 0.323 e. The SMILES string of the molecule is Cc1nc(-c2ccccc2F)n(CC(=O)O)c1C. The third-order valence-corrected chi connectivity index (χ3v) is 2.87. The van der Waals surface area contributed by atoms with Gasteiger partial charge in [0.15, 0.2) is 0 Å². The van der Waals surface area contributed by atoms with E-state index in [2.05, 4.69) is 4.98 Å². The Bertz CT molecular complexity index is 605. The Labute approximate surface area is 104 Å². The standard InChI is InChI=1S/C13H13FN2O2/c1-8-9(2)16(7-12(17)18)13(15-8)10-5-3-4-6-11(10)14/h3-6H,7H2,1-2H3,(H,17,18). The molecule has 0 atom stereocenters. The van der Waals surface area contributed by atoms with Crippen LogP contribution in [-0.4, -0.2) is 20.6 Å². The second-order valence-electron chi connectivity index (χ2n) is 4.07. The summed E-state index contributed by atoms with van der Waals surface area (Å²) in [7, 11) is 0. The minimum Gasteiger partial charge on any atom is -0.480 e. The van der Waals surface area contributed by atoms with Crippen LogP contribution in [0.4, 0.5) is 4.39 Å². The highest BCUT2D eigenvalue weighted by atomic mass is 19.1. The van der Waals surface area contributed by atoms with E-state index in [9.17, 15) is 9.18 Å². The fraction of sp³-hybridized carbons (Fsp3) is 0.231. The van der Waals surface area contributed by atoms with Crippen LogP contribution in [-0.2, 0) is 11.3 Å². The Morgan fingerprint density at radius 2 is 2.06 bits per heavy atom. The molecule has 2 aromatic rings. The number of aryl methyl sites for hydroxylation is 1. The lowest BCUT2D eigenvalue weighted by Gasteiger charge is -2.07. The molecular weight excluding hydrogens is 235 g/mol. The molecule has 1 heterocycles. The van der Waals surface area contributed by atoms with Crippen LogP contribution in [0.25, 0.3) is 11.4 Å². The van der Waals surface area contributed by atoms with Gasteiger partial charge in [0, 0.05) is 5.69 Å². The highest BCUT2D eigenvalue weighted by Gasteiger charge is 2.17. The number of imidazole rings is 1. The number of benzene rings is 1. The first-order valence-electron chi connectivity index (χ1n) is 5.51. The maximum absolute atomic E-state index is 13.7. The number of aromatic nitrogens is 2. The van der Waals surface area contributed by atoms with E-state index < -0.39 is 11.8 Å². The van der Waals surface area contributed by atoms with Crippen LogP contribution in [0.5, 0.6) is 0 Å². The van der Waals surface area contributed by atoms with Gasteiger partial charge in [-0.1, -0.05) is 12.1 Å². The summed E-state index contributed by atoms with van der Waals surface area (Å²) in [6, 6.07) is 6.21. The van der Waals surface area contributed by atoms with Gasteiger partial charge in [-0.3, -0.25) is 4.79 Å². The predicted molar refractivity (Wildman–Crippen MR) is 64.7 cm³/mol. The molecule has 0 bridgehead atoms. The zero-order valence-electron chi connectivity index (χ0n) is 10.1. The molecule has 0 unspecified atom stereocenters. The van der Waals surface area contributed by atoms with Crippen LogP contribution in [0, 0.1) is 19.7 Å². The molecule has 0 amide bonds. The van der Waals surface area contributed by atoms with Gasteiger partial charge < -0.3 is 9.67 Å². The Hall–Kier alpha value is -2.17. The summed E-state index contributed by atoms with van der Waals surface area (Å²) >= 11 is 0. The van der Waals surface area contributed by atoms with Crippen LogP contribution in [0.1, 0.15) is 11.4 Å². The second-order valence-corrected chi connectivity index (χ2v) is 4.07. The Kier molecular flexibility index (Phi) is 3.14. The Morgan fingerprint density at radius 1 is 1.39 bits per heavy atom. The summed E-state index contributed by atoms with van der Waals surface area (Å²) in [6.07, 6.45) is 0. The molecule has 0 aliphatic heterocycles. The third-order valence-electron chi connectivity index (χ3n) is 2.87. The van der Waals surface area contributed by atoms with Crippen molar-refractivity contribution in [3.05, 3.63) is 41.5 Å². The van der Waals surface area contributed by atoms with Crippen molar-refractivity contribution in [2.24, 2.45) is 0 Å². The van der Waals surface area contributed by atoms with Crippen molar-refractivity contribution in [3.63, 3.8) is 0 Å². The molecule has 2 rings (SSSR count). The molecule has 1 aromatic heterocycles. The molecule has 0 saturated heterocycles. The van der Waals surface area contributed by atoms with E-state index in [0.717, 1.165) is 5.69 Å². The fourth-order valence-electron chi connectivity index (χ4n) is 1.83. The Balaban J connectivity index is 2.61. The van der Waals surface area contributed by atoms with Gasteiger partial charge in [-0.15, -0.1) is 0 Å². The van der Waals surface area contributed by atoms with Gasteiger partial charge in [0.2, 0.25) is 0 Å². The molecule has 1 N–H and O–H groups in total. The van der Waals surface area contributed by atoms with Crippen molar-refractivity contribution >= 4 is 5.97 Å². The zero-order chi connectivity index (χ0) is 13.3. The van der Waals surface area contributed by atoms with Gasteiger partial charge in [-0.25, -0.2) is 9.37 Å². The maximum atomic E-state index is 13.7. The van der Waals surface area contributed by atoms with Gasteiger partial charge in [0.05, 0.1) is 11.3 Å². The molecule has 0 aliphatic rings. The highest BCUT2D eigenvalue weighted by Crippen LogP contribution is 2.24.